The van der Waals surface area contributed by atoms with E-state index in [-0.39, 0.29) is 17.7 Å². The summed E-state index contributed by atoms with van der Waals surface area (Å²) in [5.74, 6) is -6.70. The number of methoxy groups -OCH3 is 1. The number of pyridine rings is 1. The van der Waals surface area contributed by atoms with Gasteiger partial charge >= 0.3 is 11.9 Å². The van der Waals surface area contributed by atoms with Crippen molar-refractivity contribution < 1.29 is 27.8 Å². The third kappa shape index (κ3) is 3.60. The highest BCUT2D eigenvalue weighted by molar-refractivity contribution is 5.94. The molecule has 0 aliphatic rings. The van der Waals surface area contributed by atoms with Gasteiger partial charge in [0.05, 0.1) is 30.3 Å². The summed E-state index contributed by atoms with van der Waals surface area (Å²) in [6.07, 6.45) is 0.484. The largest absolute Gasteiger partial charge is 0.477 e. The van der Waals surface area contributed by atoms with Gasteiger partial charge < -0.3 is 14.4 Å². The second kappa shape index (κ2) is 7.63. The van der Waals surface area contributed by atoms with Gasteiger partial charge in [-0.05, 0) is 30.3 Å². The molecular weight excluding hydrogens is 425 g/mol. The van der Waals surface area contributed by atoms with Crippen LogP contribution in [-0.4, -0.2) is 50.5 Å². The van der Waals surface area contributed by atoms with Crippen LogP contribution in [0.25, 0.3) is 27.8 Å². The molecule has 0 radical (unpaired) electrons. The number of H-pyrrole nitrogens is 1. The van der Waals surface area contributed by atoms with Crippen LogP contribution < -0.4 is 0 Å². The Hall–Kier alpha value is -3.40. The fraction of sp³-hybridized carbons (Fsp3) is 0.318. The molecule has 0 atom stereocenters. The lowest BCUT2D eigenvalue weighted by Gasteiger charge is -2.28. The molecule has 3 aromatic heterocycles. The van der Waals surface area contributed by atoms with Gasteiger partial charge in [0, 0.05) is 34.9 Å². The highest BCUT2D eigenvalue weighted by atomic mass is 19.3. The molecule has 1 aromatic carbocycles. The average molecular weight is 446 g/mol. The number of rotatable bonds is 7. The van der Waals surface area contributed by atoms with Crippen LogP contribution in [0.2, 0.25) is 0 Å². The van der Waals surface area contributed by atoms with Gasteiger partial charge in [-0.1, -0.05) is 13.8 Å². The maximum Gasteiger partial charge on any atom is 0.374 e. The summed E-state index contributed by atoms with van der Waals surface area (Å²) < 4.78 is 49.7. The minimum absolute atomic E-state index is 0.0790. The van der Waals surface area contributed by atoms with Crippen molar-refractivity contribution in [1.82, 2.24) is 19.7 Å². The van der Waals surface area contributed by atoms with Crippen LogP contribution in [0.5, 0.6) is 0 Å². The number of ether oxygens (including phenoxy) is 1. The molecule has 168 valence electrons. The Morgan fingerprint density at radius 1 is 1.25 bits per heavy atom. The molecule has 7 nitrogen and oxygen atoms in total. The summed E-state index contributed by atoms with van der Waals surface area (Å²) in [6.45, 7) is 3.77. The lowest BCUT2D eigenvalue weighted by Crippen LogP contribution is -2.33. The van der Waals surface area contributed by atoms with E-state index in [1.807, 2.05) is 0 Å². The van der Waals surface area contributed by atoms with Gasteiger partial charge in [-0.3, -0.25) is 5.10 Å². The monoisotopic (exact) mass is 446 g/mol. The first-order valence-corrected chi connectivity index (χ1v) is 9.79. The lowest BCUT2D eigenvalue weighted by atomic mass is 9.85. The summed E-state index contributed by atoms with van der Waals surface area (Å²) in [5.41, 5.74) is 1.26. The number of alkyl halides is 2. The van der Waals surface area contributed by atoms with Gasteiger partial charge in [-0.25, -0.2) is 14.2 Å². The number of carbonyl (C=O) groups is 1. The standard InChI is InChI=1S/C22H21F3N4O3/c1-21(2,11-32-3)18-15(9-22(24,25)20(30)31)17-16(8-12-10-26-28-19(12)27-17)29(18)14-6-4-13(23)5-7-14/h4-8,10H,9,11H2,1-3H3,(H,30,31)(H,26,27,28). The van der Waals surface area contributed by atoms with Crippen molar-refractivity contribution in [3.05, 3.63) is 53.6 Å². The fourth-order valence-electron chi connectivity index (χ4n) is 4.09. The van der Waals surface area contributed by atoms with Crippen LogP contribution in [0.1, 0.15) is 25.1 Å². The average Bonchev–Trinajstić information content (AvgIpc) is 3.29. The van der Waals surface area contributed by atoms with Crippen molar-refractivity contribution in [2.24, 2.45) is 0 Å². The zero-order valence-electron chi connectivity index (χ0n) is 17.6. The molecule has 0 aliphatic heterocycles. The van der Waals surface area contributed by atoms with Gasteiger partial charge in [0.1, 0.15) is 5.82 Å². The molecule has 2 N–H and O–H groups in total. The van der Waals surface area contributed by atoms with Crippen LogP contribution in [0.15, 0.2) is 36.5 Å². The van der Waals surface area contributed by atoms with Crippen molar-refractivity contribution in [2.45, 2.75) is 31.6 Å². The Kier molecular flexibility index (Phi) is 5.20. The number of benzene rings is 1. The van der Waals surface area contributed by atoms with E-state index in [0.29, 0.717) is 27.9 Å². The molecule has 0 bridgehead atoms. The van der Waals surface area contributed by atoms with Crippen LogP contribution in [0.4, 0.5) is 13.2 Å². The number of halogens is 3. The first kappa shape index (κ1) is 21.8. The van der Waals surface area contributed by atoms with Gasteiger partial charge in [0.25, 0.3) is 0 Å². The lowest BCUT2D eigenvalue weighted by molar-refractivity contribution is -0.164. The van der Waals surface area contributed by atoms with Crippen molar-refractivity contribution in [3.8, 4) is 5.69 Å². The molecule has 4 rings (SSSR count). The van der Waals surface area contributed by atoms with E-state index in [9.17, 15) is 18.0 Å². The molecule has 0 fully saturated rings. The van der Waals surface area contributed by atoms with E-state index in [4.69, 9.17) is 9.84 Å². The maximum absolute atomic E-state index is 14.5. The summed E-state index contributed by atoms with van der Waals surface area (Å²) in [7, 11) is 1.49. The van der Waals surface area contributed by atoms with Crippen LogP contribution in [0.3, 0.4) is 0 Å². The van der Waals surface area contributed by atoms with Crippen molar-refractivity contribution in [3.63, 3.8) is 0 Å². The smallest absolute Gasteiger partial charge is 0.374 e. The molecule has 32 heavy (non-hydrogen) atoms. The molecular formula is C22H21F3N4O3. The Balaban J connectivity index is 2.15. The van der Waals surface area contributed by atoms with E-state index in [2.05, 4.69) is 15.2 Å². The molecule has 0 saturated heterocycles. The number of carboxylic acid groups (broad SMARTS) is 1. The Morgan fingerprint density at radius 3 is 2.56 bits per heavy atom. The normalized spacial score (nSPS) is 12.7. The summed E-state index contributed by atoms with van der Waals surface area (Å²) in [4.78, 5) is 15.8. The van der Waals surface area contributed by atoms with Crippen molar-refractivity contribution in [2.75, 3.05) is 13.7 Å². The van der Waals surface area contributed by atoms with Gasteiger partial charge in [-0.15, -0.1) is 0 Å². The molecule has 0 aliphatic carbocycles. The quantitative estimate of drug-likeness (QED) is 0.443. The molecule has 3 heterocycles. The number of hydrogen-bond donors (Lipinski definition) is 2. The zero-order valence-corrected chi connectivity index (χ0v) is 17.6. The number of fused-ring (bicyclic) bond motifs is 2. The molecule has 0 saturated carbocycles. The zero-order chi connectivity index (χ0) is 23.3. The van der Waals surface area contributed by atoms with Gasteiger partial charge in [-0.2, -0.15) is 13.9 Å². The maximum atomic E-state index is 14.5. The first-order valence-electron chi connectivity index (χ1n) is 9.79. The number of carboxylic acids is 1. The highest BCUT2D eigenvalue weighted by Crippen LogP contribution is 2.40. The SMILES string of the molecule is COCC(C)(C)c1c(CC(F)(F)C(=O)O)c2nc3[nH]ncc3cc2n1-c1ccc(F)cc1. The number of nitrogens with one attached hydrogen (secondary N) is 1. The number of aromatic nitrogens is 4. The van der Waals surface area contributed by atoms with Gasteiger partial charge in [0.2, 0.25) is 0 Å². The predicted molar refractivity (Wildman–Crippen MR) is 112 cm³/mol. The Labute approximate surface area is 180 Å². The fourth-order valence-corrected chi connectivity index (χ4v) is 4.09. The van der Waals surface area contributed by atoms with E-state index in [1.54, 1.807) is 30.7 Å². The van der Waals surface area contributed by atoms with Crippen LogP contribution >= 0.6 is 0 Å². The van der Waals surface area contributed by atoms with Crippen molar-refractivity contribution >= 4 is 28.0 Å². The molecule has 0 spiro atoms. The Morgan fingerprint density at radius 2 is 1.94 bits per heavy atom. The van der Waals surface area contributed by atoms with E-state index in [1.165, 1.54) is 31.4 Å². The molecule has 0 amide bonds. The first-order chi connectivity index (χ1) is 15.0. The minimum atomic E-state index is -4.02. The van der Waals surface area contributed by atoms with Gasteiger partial charge in [0.15, 0.2) is 5.65 Å². The van der Waals surface area contributed by atoms with E-state index < -0.39 is 29.5 Å². The third-order valence-corrected chi connectivity index (χ3v) is 5.38. The summed E-state index contributed by atoms with van der Waals surface area (Å²) in [6, 6.07) is 7.33. The van der Waals surface area contributed by atoms with E-state index in [0.717, 1.165) is 0 Å². The van der Waals surface area contributed by atoms with Crippen LogP contribution in [0, 0.1) is 5.82 Å². The predicted octanol–water partition coefficient (Wildman–Crippen LogP) is 4.23. The minimum Gasteiger partial charge on any atom is -0.477 e. The molecule has 10 heteroatoms. The Bertz CT molecular complexity index is 1310. The highest BCUT2D eigenvalue weighted by Gasteiger charge is 2.43. The third-order valence-electron chi connectivity index (χ3n) is 5.38. The topological polar surface area (TPSA) is 93.0 Å². The second-order valence-corrected chi connectivity index (χ2v) is 8.31. The summed E-state index contributed by atoms with van der Waals surface area (Å²) in [5, 5.41) is 16.4. The number of nitrogens with zero attached hydrogens (tertiary/aromatic N) is 3. The molecule has 0 unspecified atom stereocenters. The van der Waals surface area contributed by atoms with Crippen LogP contribution in [-0.2, 0) is 21.4 Å². The number of aromatic amines is 1. The summed E-state index contributed by atoms with van der Waals surface area (Å²) >= 11 is 0. The van der Waals surface area contributed by atoms with Crippen molar-refractivity contribution in [1.29, 1.82) is 0 Å². The van der Waals surface area contributed by atoms with E-state index >= 15 is 0 Å². The second-order valence-electron chi connectivity index (χ2n) is 8.31. The number of aliphatic carboxylic acids is 1. The molecule has 4 aromatic rings. The number of hydrogen-bond acceptors (Lipinski definition) is 4.